The summed E-state index contributed by atoms with van der Waals surface area (Å²) in [6.45, 7) is 1.93. The SMILES string of the molecule is C.COC(=O)/C=c1\sc2n(c1=O)C(N)=C(C#N)C(c1ccc(OC)cc1)C=2C(=O)Nc1ccc(C)cc1. The van der Waals surface area contributed by atoms with Crippen LogP contribution in [0, 0.1) is 18.3 Å². The molecule has 0 saturated heterocycles. The molecule has 37 heavy (non-hydrogen) atoms. The first kappa shape index (κ1) is 27.0. The zero-order valence-electron chi connectivity index (χ0n) is 19.7. The Morgan fingerprint density at radius 1 is 1.14 bits per heavy atom. The van der Waals surface area contributed by atoms with Gasteiger partial charge in [0.15, 0.2) is 0 Å². The summed E-state index contributed by atoms with van der Waals surface area (Å²) in [5.41, 5.74) is 8.05. The molecule has 1 atom stereocenters. The number of nitrogens with one attached hydrogen (secondary N) is 1. The fraction of sp³-hybridized carbons (Fsp3) is 0.185. The normalized spacial score (nSPS) is 14.8. The summed E-state index contributed by atoms with van der Waals surface area (Å²) in [7, 11) is 2.72. The molecule has 0 fully saturated rings. The van der Waals surface area contributed by atoms with E-state index in [1.807, 2.05) is 19.1 Å². The van der Waals surface area contributed by atoms with Crippen molar-refractivity contribution in [2.24, 2.45) is 5.73 Å². The number of amides is 1. The number of aryl methyl sites for hydroxylation is 1. The van der Waals surface area contributed by atoms with Crippen molar-refractivity contribution in [2.45, 2.75) is 20.3 Å². The van der Waals surface area contributed by atoms with Gasteiger partial charge in [0.1, 0.15) is 20.8 Å². The average Bonchev–Trinajstić information content (AvgIpc) is 3.20. The van der Waals surface area contributed by atoms with Crippen LogP contribution in [0.25, 0.3) is 17.5 Å². The zero-order chi connectivity index (χ0) is 26.0. The van der Waals surface area contributed by atoms with E-state index in [9.17, 15) is 19.6 Å². The van der Waals surface area contributed by atoms with Crippen LogP contribution in [0.2, 0.25) is 0 Å². The summed E-state index contributed by atoms with van der Waals surface area (Å²) >= 11 is 0.925. The Labute approximate surface area is 217 Å². The molecule has 1 aliphatic rings. The monoisotopic (exact) mass is 518 g/mol. The second kappa shape index (κ2) is 11.0. The molecular weight excluding hydrogens is 492 g/mol. The molecule has 1 aliphatic heterocycles. The van der Waals surface area contributed by atoms with Gasteiger partial charge in [0, 0.05) is 11.8 Å². The Hall–Kier alpha value is -4.62. The third-order valence-corrected chi connectivity index (χ3v) is 6.83. The number of esters is 1. The first-order chi connectivity index (χ1) is 17.3. The Morgan fingerprint density at radius 2 is 1.78 bits per heavy atom. The number of nitrogens with zero attached hydrogens (tertiary/aromatic N) is 2. The highest BCUT2D eigenvalue weighted by molar-refractivity contribution is 7.07. The molecule has 0 aliphatic carbocycles. The van der Waals surface area contributed by atoms with E-state index in [1.165, 1.54) is 14.2 Å². The third kappa shape index (κ3) is 5.03. The molecule has 2 aromatic carbocycles. The lowest BCUT2D eigenvalue weighted by Gasteiger charge is -2.25. The third-order valence-electron chi connectivity index (χ3n) is 5.72. The van der Waals surface area contributed by atoms with Gasteiger partial charge in [-0.05, 0) is 36.8 Å². The molecule has 10 heteroatoms. The molecule has 0 bridgehead atoms. The molecule has 3 N–H and O–H groups in total. The van der Waals surface area contributed by atoms with E-state index in [0.717, 1.165) is 27.5 Å². The molecule has 1 amide bonds. The van der Waals surface area contributed by atoms with E-state index < -0.39 is 23.4 Å². The van der Waals surface area contributed by atoms with Crippen LogP contribution in [0.4, 0.5) is 5.69 Å². The van der Waals surface area contributed by atoms with Crippen molar-refractivity contribution in [3.63, 3.8) is 0 Å². The van der Waals surface area contributed by atoms with Gasteiger partial charge in [-0.1, -0.05) is 37.3 Å². The molecule has 3 aromatic rings. The topological polar surface area (TPSA) is 136 Å². The van der Waals surface area contributed by atoms with Crippen LogP contribution in [0.3, 0.4) is 0 Å². The van der Waals surface area contributed by atoms with Crippen LogP contribution in [-0.2, 0) is 14.3 Å². The standard InChI is InChI=1S/C26H22N4O5S.CH4/c1-14-4-8-16(9-5-14)29-24(32)22-21(15-6-10-17(34-2)11-7-15)18(13-27)23(28)30-25(33)19(36-26(22)30)12-20(31)35-3;/h4-12,21H,28H2,1-3H3,(H,29,32);1H4/b19-12-;. The largest absolute Gasteiger partial charge is 0.497 e. The number of carbonyl (C=O) groups excluding carboxylic acids is 2. The van der Waals surface area contributed by atoms with Crippen molar-refractivity contribution in [3.8, 4) is 11.8 Å². The van der Waals surface area contributed by atoms with Crippen LogP contribution in [0.5, 0.6) is 5.75 Å². The van der Waals surface area contributed by atoms with Crippen LogP contribution in [-0.4, -0.2) is 30.7 Å². The van der Waals surface area contributed by atoms with E-state index in [-0.39, 0.29) is 33.6 Å². The van der Waals surface area contributed by atoms with E-state index in [2.05, 4.69) is 16.1 Å². The predicted molar refractivity (Wildman–Crippen MR) is 143 cm³/mol. The van der Waals surface area contributed by atoms with Gasteiger partial charge in [-0.3, -0.25) is 14.2 Å². The minimum Gasteiger partial charge on any atom is -0.497 e. The van der Waals surface area contributed by atoms with Crippen molar-refractivity contribution in [2.75, 3.05) is 19.5 Å². The summed E-state index contributed by atoms with van der Waals surface area (Å²) in [6.07, 6.45) is 1.04. The number of thiazole rings is 1. The minimum absolute atomic E-state index is 0. The summed E-state index contributed by atoms with van der Waals surface area (Å²) in [5.74, 6) is -1.62. The van der Waals surface area contributed by atoms with Crippen LogP contribution >= 0.6 is 11.3 Å². The van der Waals surface area contributed by atoms with E-state index in [4.69, 9.17) is 10.5 Å². The number of aromatic nitrogens is 1. The van der Waals surface area contributed by atoms with Crippen LogP contribution < -0.4 is 30.5 Å². The Kier molecular flexibility index (Phi) is 8.00. The van der Waals surface area contributed by atoms with E-state index in [0.29, 0.717) is 17.0 Å². The van der Waals surface area contributed by atoms with Gasteiger partial charge in [0.2, 0.25) is 0 Å². The molecule has 0 saturated carbocycles. The highest BCUT2D eigenvalue weighted by Gasteiger charge is 2.35. The van der Waals surface area contributed by atoms with Gasteiger partial charge in [-0.15, -0.1) is 11.3 Å². The molecule has 1 aromatic heterocycles. The van der Waals surface area contributed by atoms with E-state index in [1.54, 1.807) is 36.4 Å². The van der Waals surface area contributed by atoms with E-state index >= 15 is 0 Å². The van der Waals surface area contributed by atoms with Crippen molar-refractivity contribution >= 4 is 46.4 Å². The number of methoxy groups -OCH3 is 2. The fourth-order valence-corrected chi connectivity index (χ4v) is 5.03. The summed E-state index contributed by atoms with van der Waals surface area (Å²) in [6, 6.07) is 16.2. The fourth-order valence-electron chi connectivity index (χ4n) is 3.90. The molecular formula is C27H26N4O5S. The van der Waals surface area contributed by atoms with Gasteiger partial charge < -0.3 is 20.5 Å². The maximum absolute atomic E-state index is 13.7. The lowest BCUT2D eigenvalue weighted by molar-refractivity contribution is -0.133. The molecule has 2 heterocycles. The van der Waals surface area contributed by atoms with Gasteiger partial charge in [0.05, 0.1) is 37.4 Å². The Morgan fingerprint density at radius 3 is 2.35 bits per heavy atom. The lowest BCUT2D eigenvalue weighted by atomic mass is 9.83. The van der Waals surface area contributed by atoms with Gasteiger partial charge in [-0.25, -0.2) is 4.79 Å². The number of rotatable bonds is 5. The molecule has 190 valence electrons. The number of benzene rings is 2. The number of hydrogen-bond acceptors (Lipinski definition) is 8. The van der Waals surface area contributed by atoms with Crippen LogP contribution in [0.15, 0.2) is 58.9 Å². The second-order valence-electron chi connectivity index (χ2n) is 7.93. The number of hydrogen-bond donors (Lipinski definition) is 2. The second-order valence-corrected chi connectivity index (χ2v) is 8.96. The number of nitriles is 1. The molecule has 4 rings (SSSR count). The molecule has 9 nitrogen and oxygen atoms in total. The average molecular weight is 519 g/mol. The number of ether oxygens (including phenoxy) is 2. The lowest BCUT2D eigenvalue weighted by Crippen LogP contribution is -2.40. The number of fused-ring (bicyclic) bond motifs is 1. The van der Waals surface area contributed by atoms with Gasteiger partial charge >= 0.3 is 5.97 Å². The smallest absolute Gasteiger partial charge is 0.332 e. The number of carbonyl (C=O) groups is 2. The highest BCUT2D eigenvalue weighted by Crippen LogP contribution is 2.37. The molecule has 0 spiro atoms. The predicted octanol–water partition coefficient (Wildman–Crippen LogP) is 2.05. The van der Waals surface area contributed by atoms with Crippen molar-refractivity contribution in [1.82, 2.24) is 4.57 Å². The summed E-state index contributed by atoms with van der Waals surface area (Å²) in [5, 5.41) is 12.9. The Balaban J connectivity index is 0.00000380. The highest BCUT2D eigenvalue weighted by atomic mass is 32.1. The Bertz CT molecular complexity index is 1610. The minimum atomic E-state index is -0.865. The molecule has 0 radical (unpaired) electrons. The van der Waals surface area contributed by atoms with Crippen LogP contribution in [0.1, 0.15) is 24.5 Å². The van der Waals surface area contributed by atoms with Crippen molar-refractivity contribution in [3.05, 3.63) is 84.8 Å². The number of anilines is 1. The maximum Gasteiger partial charge on any atom is 0.332 e. The number of allylic oxidation sites excluding steroid dienone is 1. The maximum atomic E-state index is 13.7. The summed E-state index contributed by atoms with van der Waals surface area (Å²) in [4.78, 5) is 38.8. The van der Waals surface area contributed by atoms with Crippen molar-refractivity contribution < 1.29 is 19.1 Å². The summed E-state index contributed by atoms with van der Waals surface area (Å²) < 4.78 is 11.2. The first-order valence-electron chi connectivity index (χ1n) is 10.8. The number of nitrogens with two attached hydrogens (primary N) is 1. The zero-order valence-corrected chi connectivity index (χ0v) is 20.5. The first-order valence-corrected chi connectivity index (χ1v) is 11.6. The van der Waals surface area contributed by atoms with Crippen molar-refractivity contribution in [1.29, 1.82) is 5.26 Å². The van der Waals surface area contributed by atoms with Gasteiger partial charge in [-0.2, -0.15) is 5.26 Å². The quantitative estimate of drug-likeness (QED) is 0.493. The molecule has 1 unspecified atom stereocenters. The van der Waals surface area contributed by atoms with Gasteiger partial charge in [0.25, 0.3) is 11.5 Å².